The van der Waals surface area contributed by atoms with Crippen LogP contribution in [0.5, 0.6) is 5.75 Å². The second-order valence-electron chi connectivity index (χ2n) is 4.59. The molecule has 1 heterocycles. The molecular formula is C13H16BrClF2N2O2. The predicted molar refractivity (Wildman–Crippen MR) is 81.2 cm³/mol. The van der Waals surface area contributed by atoms with E-state index in [-0.39, 0.29) is 25.6 Å². The number of carbonyl (C=O) groups is 1. The Balaban J connectivity index is 0.00000220. The zero-order valence-corrected chi connectivity index (χ0v) is 13.5. The van der Waals surface area contributed by atoms with Crippen molar-refractivity contribution in [3.8, 4) is 5.75 Å². The molecule has 0 radical (unpaired) electrons. The molecule has 1 aliphatic heterocycles. The highest BCUT2D eigenvalue weighted by Gasteiger charge is 2.42. The summed E-state index contributed by atoms with van der Waals surface area (Å²) in [7, 11) is 0. The number of benzene rings is 1. The lowest BCUT2D eigenvalue weighted by Crippen LogP contribution is -2.41. The number of alkyl halides is 2. The van der Waals surface area contributed by atoms with Gasteiger partial charge in [0.2, 0.25) is 5.91 Å². The van der Waals surface area contributed by atoms with E-state index in [1.807, 2.05) is 12.1 Å². The smallest absolute Gasteiger partial charge is 0.262 e. The third-order valence-corrected chi connectivity index (χ3v) is 3.44. The predicted octanol–water partition coefficient (Wildman–Crippen LogP) is 2.36. The largest absolute Gasteiger partial charge is 0.492 e. The van der Waals surface area contributed by atoms with Gasteiger partial charge >= 0.3 is 0 Å². The summed E-state index contributed by atoms with van der Waals surface area (Å²) >= 11 is 3.31. The Hall–Kier alpha value is -0.920. The third-order valence-electron chi connectivity index (χ3n) is 2.91. The molecule has 118 valence electrons. The van der Waals surface area contributed by atoms with Crippen molar-refractivity contribution in [3.63, 3.8) is 0 Å². The van der Waals surface area contributed by atoms with Crippen molar-refractivity contribution < 1.29 is 18.3 Å². The maximum Gasteiger partial charge on any atom is 0.262 e. The number of rotatable bonds is 5. The quantitative estimate of drug-likeness (QED) is 0.765. The molecular weight excluding hydrogens is 370 g/mol. The van der Waals surface area contributed by atoms with Gasteiger partial charge in [-0.2, -0.15) is 0 Å². The molecule has 0 saturated carbocycles. The van der Waals surface area contributed by atoms with E-state index in [1.165, 1.54) is 0 Å². The molecule has 1 atom stereocenters. The lowest BCUT2D eigenvalue weighted by molar-refractivity contribution is -0.123. The number of ether oxygens (including phenoxy) is 1. The van der Waals surface area contributed by atoms with Crippen LogP contribution in [0, 0.1) is 0 Å². The van der Waals surface area contributed by atoms with Gasteiger partial charge < -0.3 is 10.1 Å². The molecule has 1 fully saturated rings. The SMILES string of the molecule is Cl.O=C(NCCOc1ccc(Br)cc1)C1CC(F)(F)CN1. The molecule has 1 saturated heterocycles. The van der Waals surface area contributed by atoms with Gasteiger partial charge in [0, 0.05) is 10.9 Å². The van der Waals surface area contributed by atoms with Gasteiger partial charge in [0.1, 0.15) is 12.4 Å². The van der Waals surface area contributed by atoms with E-state index in [4.69, 9.17) is 4.74 Å². The molecule has 0 aliphatic carbocycles. The Morgan fingerprint density at radius 2 is 2.10 bits per heavy atom. The molecule has 1 amide bonds. The van der Waals surface area contributed by atoms with Crippen LogP contribution in [-0.4, -0.2) is 37.6 Å². The van der Waals surface area contributed by atoms with Crippen LogP contribution in [0.2, 0.25) is 0 Å². The van der Waals surface area contributed by atoms with Crippen molar-refractivity contribution in [1.29, 1.82) is 0 Å². The maximum absolute atomic E-state index is 12.9. The van der Waals surface area contributed by atoms with Gasteiger partial charge in [-0.3, -0.25) is 10.1 Å². The third kappa shape index (κ3) is 5.76. The fourth-order valence-corrected chi connectivity index (χ4v) is 2.16. The molecule has 0 bridgehead atoms. The zero-order chi connectivity index (χ0) is 14.6. The summed E-state index contributed by atoms with van der Waals surface area (Å²) in [5, 5.41) is 5.08. The molecule has 1 unspecified atom stereocenters. The Bertz CT molecular complexity index is 474. The van der Waals surface area contributed by atoms with Gasteiger partial charge in [0.05, 0.1) is 19.1 Å². The number of amides is 1. The summed E-state index contributed by atoms with van der Waals surface area (Å²) in [5.41, 5.74) is 0. The lowest BCUT2D eigenvalue weighted by Gasteiger charge is -2.11. The number of halogens is 4. The van der Waals surface area contributed by atoms with Crippen molar-refractivity contribution >= 4 is 34.2 Å². The van der Waals surface area contributed by atoms with Crippen LogP contribution < -0.4 is 15.4 Å². The van der Waals surface area contributed by atoms with Gasteiger partial charge in [-0.05, 0) is 24.3 Å². The van der Waals surface area contributed by atoms with E-state index >= 15 is 0 Å². The molecule has 8 heteroatoms. The zero-order valence-electron chi connectivity index (χ0n) is 11.1. The first-order chi connectivity index (χ1) is 9.46. The average Bonchev–Trinajstić information content (AvgIpc) is 2.77. The van der Waals surface area contributed by atoms with Crippen LogP contribution >= 0.6 is 28.3 Å². The summed E-state index contributed by atoms with van der Waals surface area (Å²) in [4.78, 5) is 11.6. The van der Waals surface area contributed by atoms with Crippen molar-refractivity contribution in [2.45, 2.75) is 18.4 Å². The first kappa shape index (κ1) is 18.1. The van der Waals surface area contributed by atoms with Crippen LogP contribution in [0.1, 0.15) is 6.42 Å². The number of hydrogen-bond acceptors (Lipinski definition) is 3. The van der Waals surface area contributed by atoms with Crippen LogP contribution in [-0.2, 0) is 4.79 Å². The first-order valence-corrected chi connectivity index (χ1v) is 7.03. The van der Waals surface area contributed by atoms with Crippen LogP contribution in [0.3, 0.4) is 0 Å². The summed E-state index contributed by atoms with van der Waals surface area (Å²) in [6.07, 6.45) is -0.452. The molecule has 1 aromatic rings. The highest BCUT2D eigenvalue weighted by Crippen LogP contribution is 2.24. The number of nitrogens with one attached hydrogen (secondary N) is 2. The summed E-state index contributed by atoms with van der Waals surface area (Å²) in [6, 6.07) is 6.46. The van der Waals surface area contributed by atoms with Gasteiger partial charge in [0.15, 0.2) is 0 Å². The normalized spacial score (nSPS) is 19.7. The summed E-state index contributed by atoms with van der Waals surface area (Å²) < 4.78 is 32.2. The average molecular weight is 386 g/mol. The molecule has 2 rings (SSSR count). The Labute approximate surface area is 136 Å². The minimum absolute atomic E-state index is 0. The van der Waals surface area contributed by atoms with Crippen molar-refractivity contribution in [2.75, 3.05) is 19.7 Å². The molecule has 0 spiro atoms. The highest BCUT2D eigenvalue weighted by molar-refractivity contribution is 9.10. The van der Waals surface area contributed by atoms with Gasteiger partial charge in [-0.1, -0.05) is 15.9 Å². The molecule has 4 nitrogen and oxygen atoms in total. The van der Waals surface area contributed by atoms with Crippen LogP contribution in [0.4, 0.5) is 8.78 Å². The van der Waals surface area contributed by atoms with Crippen molar-refractivity contribution in [2.24, 2.45) is 0 Å². The maximum atomic E-state index is 12.9. The van der Waals surface area contributed by atoms with E-state index in [0.29, 0.717) is 5.75 Å². The van der Waals surface area contributed by atoms with E-state index in [0.717, 1.165) is 4.47 Å². The number of hydrogen-bond donors (Lipinski definition) is 2. The van der Waals surface area contributed by atoms with Crippen molar-refractivity contribution in [1.82, 2.24) is 10.6 Å². The Kier molecular flexibility index (Phi) is 6.83. The molecule has 21 heavy (non-hydrogen) atoms. The second-order valence-corrected chi connectivity index (χ2v) is 5.50. The molecule has 2 N–H and O–H groups in total. The Morgan fingerprint density at radius 1 is 1.43 bits per heavy atom. The fraction of sp³-hybridized carbons (Fsp3) is 0.462. The fourth-order valence-electron chi connectivity index (χ4n) is 1.90. The summed E-state index contributed by atoms with van der Waals surface area (Å²) in [5.74, 6) is -2.52. The molecule has 1 aliphatic rings. The first-order valence-electron chi connectivity index (χ1n) is 6.24. The number of carbonyl (C=O) groups excluding carboxylic acids is 1. The van der Waals surface area contributed by atoms with E-state index < -0.39 is 30.8 Å². The van der Waals surface area contributed by atoms with Gasteiger partial charge in [0.25, 0.3) is 5.92 Å². The summed E-state index contributed by atoms with van der Waals surface area (Å²) in [6.45, 7) is 0.121. The monoisotopic (exact) mass is 384 g/mol. The van der Waals surface area contributed by atoms with Gasteiger partial charge in [-0.25, -0.2) is 8.78 Å². The van der Waals surface area contributed by atoms with E-state index in [1.54, 1.807) is 12.1 Å². The topological polar surface area (TPSA) is 50.4 Å². The van der Waals surface area contributed by atoms with E-state index in [9.17, 15) is 13.6 Å². The van der Waals surface area contributed by atoms with Crippen LogP contribution in [0.15, 0.2) is 28.7 Å². The molecule has 0 aromatic heterocycles. The lowest BCUT2D eigenvalue weighted by atomic mass is 10.2. The minimum Gasteiger partial charge on any atom is -0.492 e. The standard InChI is InChI=1S/C13H15BrF2N2O2.ClH/c14-9-1-3-10(4-2-9)20-6-5-17-12(19)11-7-13(15,16)8-18-11;/h1-4,11,18H,5-8H2,(H,17,19);1H. The van der Waals surface area contributed by atoms with Gasteiger partial charge in [-0.15, -0.1) is 12.4 Å². The van der Waals surface area contributed by atoms with Crippen LogP contribution in [0.25, 0.3) is 0 Å². The Morgan fingerprint density at radius 3 is 2.67 bits per heavy atom. The second kappa shape index (κ2) is 7.91. The van der Waals surface area contributed by atoms with Crippen molar-refractivity contribution in [3.05, 3.63) is 28.7 Å². The minimum atomic E-state index is -2.80. The highest BCUT2D eigenvalue weighted by atomic mass is 79.9. The molecule has 1 aromatic carbocycles. The van der Waals surface area contributed by atoms with E-state index in [2.05, 4.69) is 26.6 Å².